The maximum Gasteiger partial charge on any atom is 0.308 e. The quantitative estimate of drug-likeness (QED) is 0.536. The van der Waals surface area contributed by atoms with Crippen LogP contribution in [0.5, 0.6) is 0 Å². The van der Waals surface area contributed by atoms with Gasteiger partial charge in [-0.05, 0) is 24.3 Å². The van der Waals surface area contributed by atoms with Crippen molar-refractivity contribution >= 4 is 38.3 Å². The number of H-pyrrole nitrogens is 1. The van der Waals surface area contributed by atoms with Crippen molar-refractivity contribution in [3.05, 3.63) is 74.2 Å². The fourth-order valence-electron chi connectivity index (χ4n) is 2.80. The summed E-state index contributed by atoms with van der Waals surface area (Å²) in [4.78, 5) is 40.9. The summed E-state index contributed by atoms with van der Waals surface area (Å²) in [6, 6.07) is 14.3. The number of ether oxygens (including phenoxy) is 1. The molecule has 136 valence electrons. The van der Waals surface area contributed by atoms with Crippen LogP contribution in [0.15, 0.2) is 58.1 Å². The number of carbonyl (C=O) groups is 1. The Kier molecular flexibility index (Phi) is 4.55. The minimum Gasteiger partial charge on any atom is -0.458 e. The van der Waals surface area contributed by atoms with Crippen LogP contribution in [0.4, 0.5) is 0 Å². The molecule has 0 aliphatic carbocycles. The van der Waals surface area contributed by atoms with E-state index in [1.165, 1.54) is 11.3 Å². The maximum atomic E-state index is 12.4. The number of fused-ring (bicyclic) bond motifs is 2. The lowest BCUT2D eigenvalue weighted by Crippen LogP contribution is -2.30. The average Bonchev–Trinajstić information content (AvgIpc) is 3.11. The highest BCUT2D eigenvalue weighted by molar-refractivity contribution is 7.18. The van der Waals surface area contributed by atoms with Gasteiger partial charge in [-0.15, -0.1) is 11.3 Å². The van der Waals surface area contributed by atoms with Gasteiger partial charge in [0.05, 0.1) is 34.0 Å². The van der Waals surface area contributed by atoms with Crippen molar-refractivity contribution in [2.24, 2.45) is 0 Å². The van der Waals surface area contributed by atoms with Crippen LogP contribution in [0, 0.1) is 0 Å². The zero-order valence-corrected chi connectivity index (χ0v) is 15.0. The Hall–Kier alpha value is -3.26. The van der Waals surface area contributed by atoms with E-state index in [-0.39, 0.29) is 30.7 Å². The Labute approximate surface area is 156 Å². The highest BCUT2D eigenvalue weighted by Gasteiger charge is 2.10. The summed E-state index contributed by atoms with van der Waals surface area (Å²) in [5.41, 5.74) is 0.158. The zero-order chi connectivity index (χ0) is 18.8. The SMILES string of the molecule is O=C(CCn1[nH]c(=O)c2ccccc2c1=O)OCc1nc2ccccc2s1. The van der Waals surface area contributed by atoms with Gasteiger partial charge in [0.1, 0.15) is 11.6 Å². The first-order valence-electron chi connectivity index (χ1n) is 8.34. The molecule has 2 aromatic carbocycles. The van der Waals surface area contributed by atoms with Crippen molar-refractivity contribution in [1.29, 1.82) is 0 Å². The molecule has 7 nitrogen and oxygen atoms in total. The highest BCUT2D eigenvalue weighted by atomic mass is 32.1. The molecule has 0 atom stereocenters. The number of aryl methyl sites for hydroxylation is 1. The lowest BCUT2D eigenvalue weighted by molar-refractivity contribution is -0.145. The van der Waals surface area contributed by atoms with E-state index in [0.29, 0.717) is 15.8 Å². The molecule has 4 rings (SSSR count). The standard InChI is InChI=1S/C19H15N3O4S/c23-17(26-11-16-20-14-7-3-4-8-15(14)27-16)9-10-22-19(25)13-6-2-1-5-12(13)18(24)21-22/h1-8H,9-11H2,(H,21,24). The van der Waals surface area contributed by atoms with Gasteiger partial charge in [-0.3, -0.25) is 19.5 Å². The summed E-state index contributed by atoms with van der Waals surface area (Å²) >= 11 is 1.47. The number of aromatic amines is 1. The van der Waals surface area contributed by atoms with E-state index < -0.39 is 5.97 Å². The van der Waals surface area contributed by atoms with Gasteiger partial charge in [0.25, 0.3) is 11.1 Å². The number of rotatable bonds is 5. The summed E-state index contributed by atoms with van der Waals surface area (Å²) < 4.78 is 7.41. The molecule has 0 spiro atoms. The molecule has 0 amide bonds. The Morgan fingerprint density at radius 1 is 1.07 bits per heavy atom. The highest BCUT2D eigenvalue weighted by Crippen LogP contribution is 2.22. The number of thiazole rings is 1. The second-order valence-corrected chi connectivity index (χ2v) is 7.04. The number of esters is 1. The number of benzene rings is 2. The van der Waals surface area contributed by atoms with Gasteiger partial charge in [-0.1, -0.05) is 24.3 Å². The average molecular weight is 381 g/mol. The molecule has 1 N–H and O–H groups in total. The van der Waals surface area contributed by atoms with E-state index in [1.54, 1.807) is 24.3 Å². The molecule has 0 unspecified atom stereocenters. The third-order valence-electron chi connectivity index (χ3n) is 4.12. The zero-order valence-electron chi connectivity index (χ0n) is 14.2. The molecule has 2 heterocycles. The number of aromatic nitrogens is 3. The number of hydrogen-bond donors (Lipinski definition) is 1. The van der Waals surface area contributed by atoms with E-state index in [0.717, 1.165) is 14.9 Å². The van der Waals surface area contributed by atoms with Crippen LogP contribution >= 0.6 is 11.3 Å². The topological polar surface area (TPSA) is 94.1 Å². The van der Waals surface area contributed by atoms with Gasteiger partial charge in [-0.25, -0.2) is 9.67 Å². The van der Waals surface area contributed by atoms with Crippen molar-refractivity contribution < 1.29 is 9.53 Å². The molecule has 4 aromatic rings. The minimum absolute atomic E-state index is 0.0287. The molecule has 0 bridgehead atoms. The molecule has 0 saturated carbocycles. The number of nitrogens with zero attached hydrogens (tertiary/aromatic N) is 2. The van der Waals surface area contributed by atoms with Crippen LogP contribution < -0.4 is 11.1 Å². The van der Waals surface area contributed by atoms with Gasteiger partial charge in [0, 0.05) is 0 Å². The van der Waals surface area contributed by atoms with E-state index in [9.17, 15) is 14.4 Å². The van der Waals surface area contributed by atoms with E-state index in [4.69, 9.17) is 4.74 Å². The minimum atomic E-state index is -0.463. The first-order chi connectivity index (χ1) is 13.1. The molecule has 2 aromatic heterocycles. The third-order valence-corrected chi connectivity index (χ3v) is 5.13. The largest absolute Gasteiger partial charge is 0.458 e. The van der Waals surface area contributed by atoms with Crippen molar-refractivity contribution in [3.63, 3.8) is 0 Å². The fourth-order valence-corrected chi connectivity index (χ4v) is 3.68. The lowest BCUT2D eigenvalue weighted by atomic mass is 10.2. The lowest BCUT2D eigenvalue weighted by Gasteiger charge is -2.07. The summed E-state index contributed by atoms with van der Waals surface area (Å²) in [6.45, 7) is 0.124. The monoisotopic (exact) mass is 381 g/mol. The van der Waals surface area contributed by atoms with E-state index in [1.807, 2.05) is 24.3 Å². The molecular formula is C19H15N3O4S. The Bertz CT molecular complexity index is 1220. The van der Waals surface area contributed by atoms with E-state index >= 15 is 0 Å². The summed E-state index contributed by atoms with van der Waals surface area (Å²) in [5.74, 6) is -0.463. The fraction of sp³-hybridized carbons (Fsp3) is 0.158. The van der Waals surface area contributed by atoms with Crippen molar-refractivity contribution in [3.8, 4) is 0 Å². The van der Waals surface area contributed by atoms with Crippen molar-refractivity contribution in [2.75, 3.05) is 0 Å². The first-order valence-corrected chi connectivity index (χ1v) is 9.15. The molecule has 27 heavy (non-hydrogen) atoms. The van der Waals surface area contributed by atoms with Gasteiger partial charge in [0.2, 0.25) is 0 Å². The molecule has 0 saturated heterocycles. The molecule has 0 radical (unpaired) electrons. The van der Waals surface area contributed by atoms with Crippen LogP contribution in [0.1, 0.15) is 11.4 Å². The second kappa shape index (κ2) is 7.16. The summed E-state index contributed by atoms with van der Waals surface area (Å²) in [5, 5.41) is 3.86. The van der Waals surface area contributed by atoms with Crippen molar-refractivity contribution in [2.45, 2.75) is 19.6 Å². The molecule has 8 heteroatoms. The summed E-state index contributed by atoms with van der Waals surface area (Å²) in [7, 11) is 0. The number of carbonyl (C=O) groups excluding carboxylic acids is 1. The smallest absolute Gasteiger partial charge is 0.308 e. The number of nitrogens with one attached hydrogen (secondary N) is 1. The maximum absolute atomic E-state index is 12.4. The van der Waals surface area contributed by atoms with Gasteiger partial charge >= 0.3 is 5.97 Å². The van der Waals surface area contributed by atoms with Crippen LogP contribution in [-0.4, -0.2) is 20.7 Å². The molecule has 0 fully saturated rings. The Morgan fingerprint density at radius 2 is 1.81 bits per heavy atom. The van der Waals surface area contributed by atoms with Crippen LogP contribution in [0.2, 0.25) is 0 Å². The van der Waals surface area contributed by atoms with Gasteiger partial charge < -0.3 is 4.74 Å². The Morgan fingerprint density at radius 3 is 2.63 bits per heavy atom. The first kappa shape index (κ1) is 17.2. The van der Waals surface area contributed by atoms with Crippen LogP contribution in [0.25, 0.3) is 21.0 Å². The predicted octanol–water partition coefficient (Wildman–Crippen LogP) is 2.43. The van der Waals surface area contributed by atoms with E-state index in [2.05, 4.69) is 10.1 Å². The van der Waals surface area contributed by atoms with Crippen molar-refractivity contribution in [1.82, 2.24) is 14.8 Å². The third kappa shape index (κ3) is 3.52. The van der Waals surface area contributed by atoms with Crippen LogP contribution in [0.3, 0.4) is 0 Å². The predicted molar refractivity (Wildman–Crippen MR) is 103 cm³/mol. The normalized spacial score (nSPS) is 11.1. The van der Waals surface area contributed by atoms with Crippen LogP contribution in [-0.2, 0) is 22.7 Å². The second-order valence-electron chi connectivity index (χ2n) is 5.93. The van der Waals surface area contributed by atoms with Gasteiger partial charge in [-0.2, -0.15) is 0 Å². The van der Waals surface area contributed by atoms with Gasteiger partial charge in [0.15, 0.2) is 0 Å². The molecule has 0 aliphatic heterocycles. The number of hydrogen-bond acceptors (Lipinski definition) is 6. The molecule has 0 aliphatic rings. The Balaban J connectivity index is 1.42. The summed E-state index contributed by atoms with van der Waals surface area (Å²) in [6.07, 6.45) is -0.0287. The molecular weight excluding hydrogens is 366 g/mol. The number of para-hydroxylation sites is 1.